The predicted molar refractivity (Wildman–Crippen MR) is 64.6 cm³/mol. The quantitative estimate of drug-likeness (QED) is 0.813. The molecule has 98 valence electrons. The number of hydrogen-bond donors (Lipinski definition) is 1. The highest BCUT2D eigenvalue weighted by atomic mass is 16.5. The molecule has 5 nitrogen and oxygen atoms in total. The molecule has 0 radical (unpaired) electrons. The third kappa shape index (κ3) is 2.70. The van der Waals surface area contributed by atoms with Crippen LogP contribution in [0.4, 0.5) is 4.79 Å². The van der Waals surface area contributed by atoms with Crippen molar-refractivity contribution in [3.05, 3.63) is 0 Å². The van der Waals surface area contributed by atoms with Crippen molar-refractivity contribution in [1.29, 1.82) is 0 Å². The monoisotopic (exact) mass is 242 g/mol. The fraction of sp³-hybridized carbons (Fsp3) is 0.833. The molecule has 1 heterocycles. The maximum atomic E-state index is 12.3. The van der Waals surface area contributed by atoms with Gasteiger partial charge in [0.05, 0.1) is 7.11 Å². The van der Waals surface area contributed by atoms with Crippen molar-refractivity contribution in [2.24, 2.45) is 5.92 Å². The minimum Gasteiger partial charge on any atom is -0.453 e. The van der Waals surface area contributed by atoms with Crippen LogP contribution in [0.15, 0.2) is 0 Å². The highest BCUT2D eigenvalue weighted by molar-refractivity contribution is 5.86. The number of alkyl carbamates (subject to hydrolysis) is 1. The lowest BCUT2D eigenvalue weighted by atomic mass is 9.79. The van der Waals surface area contributed by atoms with E-state index in [1.165, 1.54) is 7.11 Å². The molecule has 2 amide bonds. The molecule has 0 spiro atoms. The molecule has 0 aromatic heterocycles. The van der Waals surface area contributed by atoms with Crippen molar-refractivity contribution in [3.63, 3.8) is 0 Å². The smallest absolute Gasteiger partial charge is 0.407 e. The molecule has 17 heavy (non-hydrogen) atoms. The molecule has 0 aromatic carbocycles. The zero-order chi connectivity index (χ0) is 12.3. The number of nitrogens with one attached hydrogen (secondary N) is 1. The minimum absolute atomic E-state index is 0. The van der Waals surface area contributed by atoms with Crippen LogP contribution in [0.3, 0.4) is 0 Å². The standard InChI is InChI=1S/C12H20N2O3.H2/c1-17-12(16)13-10(9-5-4-6-9)11(15)14-7-2-3-8-14;/h9-10H,2-8H2,1H3,(H,13,16);1H/t10-;/m0./s1. The highest BCUT2D eigenvalue weighted by Gasteiger charge is 2.37. The Bertz CT molecular complexity index is 302. The van der Waals surface area contributed by atoms with E-state index in [1.54, 1.807) is 0 Å². The Morgan fingerprint density at radius 2 is 1.94 bits per heavy atom. The third-order valence-electron chi connectivity index (χ3n) is 3.76. The number of carbonyl (C=O) groups excluding carboxylic acids is 2. The Balaban J connectivity index is 0.00000162. The van der Waals surface area contributed by atoms with Crippen LogP contribution in [-0.2, 0) is 9.53 Å². The normalized spacial score (nSPS) is 21.8. The fourth-order valence-corrected chi connectivity index (χ4v) is 2.47. The summed E-state index contributed by atoms with van der Waals surface area (Å²) in [6, 6.07) is -0.380. The second kappa shape index (κ2) is 5.38. The molecule has 2 rings (SSSR count). The van der Waals surface area contributed by atoms with Crippen LogP contribution in [0.1, 0.15) is 33.5 Å². The zero-order valence-electron chi connectivity index (χ0n) is 10.3. The maximum Gasteiger partial charge on any atom is 0.407 e. The third-order valence-corrected chi connectivity index (χ3v) is 3.76. The van der Waals surface area contributed by atoms with E-state index >= 15 is 0 Å². The van der Waals surface area contributed by atoms with Crippen molar-refractivity contribution in [2.75, 3.05) is 20.2 Å². The van der Waals surface area contributed by atoms with Gasteiger partial charge in [0.15, 0.2) is 0 Å². The average molecular weight is 242 g/mol. The number of nitrogens with zero attached hydrogens (tertiary/aromatic N) is 1. The van der Waals surface area contributed by atoms with E-state index in [0.29, 0.717) is 5.92 Å². The van der Waals surface area contributed by atoms with Crippen LogP contribution in [0.2, 0.25) is 0 Å². The van der Waals surface area contributed by atoms with Crippen molar-refractivity contribution < 1.29 is 15.8 Å². The minimum atomic E-state index is -0.505. The molecule has 1 aliphatic heterocycles. The maximum absolute atomic E-state index is 12.3. The van der Waals surface area contributed by atoms with Gasteiger partial charge in [-0.1, -0.05) is 6.42 Å². The van der Waals surface area contributed by atoms with Gasteiger partial charge >= 0.3 is 6.09 Å². The summed E-state index contributed by atoms with van der Waals surface area (Å²) in [4.78, 5) is 25.4. The molecule has 1 N–H and O–H groups in total. The first-order chi connectivity index (χ1) is 8.22. The van der Waals surface area contributed by atoms with E-state index in [9.17, 15) is 9.59 Å². The van der Waals surface area contributed by atoms with Gasteiger partial charge in [0.1, 0.15) is 6.04 Å². The topological polar surface area (TPSA) is 58.6 Å². The Hall–Kier alpha value is -1.26. The zero-order valence-corrected chi connectivity index (χ0v) is 10.3. The Labute approximate surface area is 103 Å². The molecule has 1 saturated heterocycles. The second-order valence-electron chi connectivity index (χ2n) is 4.84. The molecule has 1 saturated carbocycles. The first-order valence-corrected chi connectivity index (χ1v) is 6.35. The fourth-order valence-electron chi connectivity index (χ4n) is 2.47. The number of amides is 2. The first-order valence-electron chi connectivity index (χ1n) is 6.35. The molecule has 0 aromatic rings. The number of carbonyl (C=O) groups is 2. The number of methoxy groups -OCH3 is 1. The van der Waals surface area contributed by atoms with Crippen molar-refractivity contribution in [2.45, 2.75) is 38.1 Å². The molecular formula is C12H22N2O3. The van der Waals surface area contributed by atoms with Gasteiger partial charge in [0.25, 0.3) is 0 Å². The second-order valence-corrected chi connectivity index (χ2v) is 4.84. The van der Waals surface area contributed by atoms with E-state index < -0.39 is 6.09 Å². The Morgan fingerprint density at radius 3 is 2.41 bits per heavy atom. The summed E-state index contributed by atoms with van der Waals surface area (Å²) in [7, 11) is 1.33. The van der Waals surface area contributed by atoms with Gasteiger partial charge in [0, 0.05) is 14.5 Å². The van der Waals surface area contributed by atoms with E-state index in [-0.39, 0.29) is 13.4 Å². The van der Waals surface area contributed by atoms with Gasteiger partial charge in [-0.25, -0.2) is 4.79 Å². The lowest BCUT2D eigenvalue weighted by Crippen LogP contribution is -2.53. The summed E-state index contributed by atoms with van der Waals surface area (Å²) in [5, 5.41) is 2.69. The molecule has 2 fully saturated rings. The summed E-state index contributed by atoms with van der Waals surface area (Å²) >= 11 is 0. The van der Waals surface area contributed by atoms with Gasteiger partial charge in [-0.2, -0.15) is 0 Å². The molecular weight excluding hydrogens is 220 g/mol. The van der Waals surface area contributed by atoms with Gasteiger partial charge in [-0.15, -0.1) is 0 Å². The molecule has 1 aliphatic carbocycles. The van der Waals surface area contributed by atoms with Crippen molar-refractivity contribution in [3.8, 4) is 0 Å². The summed E-state index contributed by atoms with van der Waals surface area (Å²) in [6.45, 7) is 1.65. The Morgan fingerprint density at radius 1 is 1.29 bits per heavy atom. The number of ether oxygens (including phenoxy) is 1. The van der Waals surface area contributed by atoms with Crippen LogP contribution in [0, 0.1) is 5.92 Å². The molecule has 5 heteroatoms. The number of hydrogen-bond acceptors (Lipinski definition) is 3. The van der Waals surface area contributed by atoms with Crippen LogP contribution in [0.5, 0.6) is 0 Å². The van der Waals surface area contributed by atoms with Crippen molar-refractivity contribution in [1.82, 2.24) is 10.2 Å². The highest BCUT2D eigenvalue weighted by Crippen LogP contribution is 2.31. The van der Waals surface area contributed by atoms with Crippen LogP contribution in [-0.4, -0.2) is 43.1 Å². The first kappa shape index (κ1) is 12.2. The van der Waals surface area contributed by atoms with Crippen molar-refractivity contribution >= 4 is 12.0 Å². The van der Waals surface area contributed by atoms with Gasteiger partial charge in [0.2, 0.25) is 5.91 Å². The van der Waals surface area contributed by atoms with Crippen LogP contribution >= 0.6 is 0 Å². The number of rotatable bonds is 3. The molecule has 2 aliphatic rings. The van der Waals surface area contributed by atoms with Gasteiger partial charge in [-0.05, 0) is 31.6 Å². The van der Waals surface area contributed by atoms with Crippen LogP contribution < -0.4 is 5.32 Å². The summed E-state index contributed by atoms with van der Waals surface area (Å²) in [5.74, 6) is 0.361. The summed E-state index contributed by atoms with van der Waals surface area (Å²) in [6.07, 6.45) is 4.83. The van der Waals surface area contributed by atoms with Gasteiger partial charge < -0.3 is 15.0 Å². The van der Waals surface area contributed by atoms with E-state index in [1.807, 2.05) is 4.90 Å². The summed E-state index contributed by atoms with van der Waals surface area (Å²) in [5.41, 5.74) is 0. The average Bonchev–Trinajstić information content (AvgIpc) is 2.77. The van der Waals surface area contributed by atoms with E-state index in [0.717, 1.165) is 45.2 Å². The van der Waals surface area contributed by atoms with E-state index in [2.05, 4.69) is 10.1 Å². The molecule has 1 atom stereocenters. The lowest BCUT2D eigenvalue weighted by Gasteiger charge is -2.35. The Kier molecular flexibility index (Phi) is 3.86. The number of likely N-dealkylation sites (tertiary alicyclic amines) is 1. The van der Waals surface area contributed by atoms with Crippen LogP contribution in [0.25, 0.3) is 0 Å². The SMILES string of the molecule is COC(=O)N[C@H](C(=O)N1CCCC1)C1CCC1.[HH]. The largest absolute Gasteiger partial charge is 0.453 e. The lowest BCUT2D eigenvalue weighted by molar-refractivity contribution is -0.134. The van der Waals surface area contributed by atoms with Gasteiger partial charge in [-0.3, -0.25) is 4.79 Å². The van der Waals surface area contributed by atoms with E-state index in [4.69, 9.17) is 0 Å². The molecule has 0 unspecified atom stereocenters. The summed E-state index contributed by atoms with van der Waals surface area (Å²) < 4.78 is 4.59. The molecule has 0 bridgehead atoms. The predicted octanol–water partition coefficient (Wildman–Crippen LogP) is 1.38.